The minimum absolute atomic E-state index is 0.165. The van der Waals surface area contributed by atoms with E-state index >= 15 is 0 Å². The van der Waals surface area contributed by atoms with Gasteiger partial charge in [-0.3, -0.25) is 4.79 Å². The van der Waals surface area contributed by atoms with Crippen LogP contribution in [-0.4, -0.2) is 23.0 Å². The van der Waals surface area contributed by atoms with Crippen LogP contribution < -0.4 is 15.0 Å². The molecule has 8 heteroatoms. The van der Waals surface area contributed by atoms with E-state index in [2.05, 4.69) is 11.7 Å². The van der Waals surface area contributed by atoms with Crippen LogP contribution in [0.15, 0.2) is 77.1 Å². The van der Waals surface area contributed by atoms with Gasteiger partial charge in [-0.2, -0.15) is 9.78 Å². The zero-order chi connectivity index (χ0) is 28.1. The van der Waals surface area contributed by atoms with E-state index < -0.39 is 0 Å². The molecule has 40 heavy (non-hydrogen) atoms. The fraction of sp³-hybridized carbons (Fsp3) is 0.281. The Bertz CT molecular complexity index is 1620. The Kier molecular flexibility index (Phi) is 8.88. The lowest BCUT2D eigenvalue weighted by Crippen LogP contribution is -2.25. The minimum atomic E-state index is -0.165. The smallest absolute Gasteiger partial charge is 0.282 e. The zero-order valence-electron chi connectivity index (χ0n) is 22.4. The van der Waals surface area contributed by atoms with E-state index in [9.17, 15) is 4.79 Å². The molecular formula is C32H31Cl2N3O3. The van der Waals surface area contributed by atoms with Gasteiger partial charge in [0.2, 0.25) is 0 Å². The average Bonchev–Trinajstić information content (AvgIpc) is 2.98. The lowest BCUT2D eigenvalue weighted by atomic mass is 9.88. The minimum Gasteiger partial charge on any atom is -0.493 e. The summed E-state index contributed by atoms with van der Waals surface area (Å²) >= 11 is 12.2. The Morgan fingerprint density at radius 1 is 1.07 bits per heavy atom. The molecule has 1 fully saturated rings. The molecule has 0 N–H and O–H groups in total. The van der Waals surface area contributed by atoms with Crippen LogP contribution in [0, 0.1) is 0 Å². The number of halogens is 2. The number of allylic oxidation sites excluding steroid dienone is 1. The predicted molar refractivity (Wildman–Crippen MR) is 163 cm³/mol. The van der Waals surface area contributed by atoms with Crippen LogP contribution in [0.1, 0.15) is 60.5 Å². The van der Waals surface area contributed by atoms with Crippen molar-refractivity contribution in [2.75, 3.05) is 7.11 Å². The van der Waals surface area contributed by atoms with Crippen molar-refractivity contribution in [2.45, 2.75) is 51.0 Å². The molecule has 4 aromatic rings. The van der Waals surface area contributed by atoms with Gasteiger partial charge in [0.15, 0.2) is 11.5 Å². The van der Waals surface area contributed by atoms with Gasteiger partial charge in [-0.25, -0.2) is 4.98 Å². The third-order valence-corrected chi connectivity index (χ3v) is 7.92. The van der Waals surface area contributed by atoms with E-state index in [-0.39, 0.29) is 18.1 Å². The molecule has 6 nitrogen and oxygen atoms in total. The van der Waals surface area contributed by atoms with E-state index in [1.165, 1.54) is 11.1 Å². The van der Waals surface area contributed by atoms with Gasteiger partial charge >= 0.3 is 0 Å². The van der Waals surface area contributed by atoms with Gasteiger partial charge in [0.05, 0.1) is 34.3 Å². The number of aromatic nitrogens is 2. The Hall–Kier alpha value is -3.61. The summed E-state index contributed by atoms with van der Waals surface area (Å²) in [6, 6.07) is 16.7. The van der Waals surface area contributed by atoms with Crippen molar-refractivity contribution in [3.05, 3.63) is 110 Å². The lowest BCUT2D eigenvalue weighted by Gasteiger charge is -2.22. The summed E-state index contributed by atoms with van der Waals surface area (Å²) in [6.07, 6.45) is 9.52. The van der Waals surface area contributed by atoms with Gasteiger partial charge in [-0.05, 0) is 66.8 Å². The molecule has 0 radical (unpaired) electrons. The highest BCUT2D eigenvalue weighted by atomic mass is 35.5. The number of rotatable bonds is 9. The molecule has 1 heterocycles. The largest absolute Gasteiger partial charge is 0.493 e. The molecule has 0 amide bonds. The molecule has 206 valence electrons. The number of hydrogen-bond donors (Lipinski definition) is 0. The molecule has 0 spiro atoms. The van der Waals surface area contributed by atoms with Crippen molar-refractivity contribution in [3.8, 4) is 11.5 Å². The van der Waals surface area contributed by atoms with Gasteiger partial charge in [0, 0.05) is 11.5 Å². The second-order valence-corrected chi connectivity index (χ2v) is 10.7. The van der Waals surface area contributed by atoms with Crippen LogP contribution in [0.2, 0.25) is 10.0 Å². The molecule has 5 rings (SSSR count). The number of ether oxygens (including phenoxy) is 2. The van der Waals surface area contributed by atoms with E-state index in [1.54, 1.807) is 37.6 Å². The maximum absolute atomic E-state index is 13.6. The van der Waals surface area contributed by atoms with Crippen molar-refractivity contribution in [2.24, 2.45) is 5.10 Å². The quantitative estimate of drug-likeness (QED) is 0.150. The molecule has 0 aliphatic heterocycles. The van der Waals surface area contributed by atoms with Crippen molar-refractivity contribution < 1.29 is 9.47 Å². The van der Waals surface area contributed by atoms with Gasteiger partial charge < -0.3 is 9.47 Å². The normalized spacial score (nSPS) is 14.1. The molecule has 1 aromatic heterocycles. The zero-order valence-corrected chi connectivity index (χ0v) is 23.9. The summed E-state index contributed by atoms with van der Waals surface area (Å²) in [4.78, 5) is 18.5. The number of hydrogen-bond acceptors (Lipinski definition) is 5. The summed E-state index contributed by atoms with van der Waals surface area (Å²) in [5.41, 5.74) is 3.07. The van der Waals surface area contributed by atoms with Crippen molar-refractivity contribution in [1.82, 2.24) is 9.66 Å². The summed E-state index contributed by atoms with van der Waals surface area (Å²) < 4.78 is 13.4. The predicted octanol–water partition coefficient (Wildman–Crippen LogP) is 7.95. The van der Waals surface area contributed by atoms with Gasteiger partial charge in [0.1, 0.15) is 12.4 Å². The van der Waals surface area contributed by atoms with Crippen molar-refractivity contribution in [1.29, 1.82) is 0 Å². The Balaban J connectivity index is 1.51. The van der Waals surface area contributed by atoms with Crippen LogP contribution in [0.3, 0.4) is 0 Å². The van der Waals surface area contributed by atoms with Crippen LogP contribution in [0.4, 0.5) is 0 Å². The van der Waals surface area contributed by atoms with Gasteiger partial charge in [0.25, 0.3) is 5.56 Å². The van der Waals surface area contributed by atoms with E-state index in [1.807, 2.05) is 36.4 Å². The Labute approximate surface area is 243 Å². The molecular weight excluding hydrogens is 545 g/mol. The second kappa shape index (κ2) is 12.7. The monoisotopic (exact) mass is 575 g/mol. The van der Waals surface area contributed by atoms with E-state index in [0.717, 1.165) is 48.2 Å². The van der Waals surface area contributed by atoms with E-state index in [4.69, 9.17) is 37.7 Å². The number of nitrogens with zero attached hydrogens (tertiary/aromatic N) is 3. The molecule has 1 aliphatic rings. The number of benzene rings is 3. The number of fused-ring (bicyclic) bond motifs is 1. The summed E-state index contributed by atoms with van der Waals surface area (Å²) in [7, 11) is 1.60. The SMILES string of the molecule is C=CCc1cc(C=Nn2c(C3CCCCC3)nc3ccccc3c2=O)cc(OC)c1OCc1ccc(Cl)c(Cl)c1. The fourth-order valence-electron chi connectivity index (χ4n) is 5.17. The van der Waals surface area contributed by atoms with E-state index in [0.29, 0.717) is 38.9 Å². The maximum Gasteiger partial charge on any atom is 0.282 e. The maximum atomic E-state index is 13.6. The fourth-order valence-corrected chi connectivity index (χ4v) is 5.49. The van der Waals surface area contributed by atoms with Crippen molar-refractivity contribution >= 4 is 40.3 Å². The van der Waals surface area contributed by atoms with Gasteiger partial charge in [-0.1, -0.05) is 66.7 Å². The molecule has 3 aromatic carbocycles. The van der Waals surface area contributed by atoms with Crippen LogP contribution in [-0.2, 0) is 13.0 Å². The van der Waals surface area contributed by atoms with Gasteiger partial charge in [-0.15, -0.1) is 6.58 Å². The molecule has 0 bridgehead atoms. The standard InChI is InChI=1S/C32H31Cl2N3O3/c1-3-9-24-16-22(18-29(39-2)30(24)40-20-21-14-15-26(33)27(34)17-21)19-35-37-31(23-10-5-4-6-11-23)36-28-13-8-7-12-25(28)32(37)38/h3,7-8,12-19,23H,1,4-6,9-11,20H2,2H3. The summed E-state index contributed by atoms with van der Waals surface area (Å²) in [5, 5.41) is 6.20. The molecule has 0 saturated heterocycles. The number of methoxy groups -OCH3 is 1. The summed E-state index contributed by atoms with van der Waals surface area (Å²) in [5.74, 6) is 2.08. The highest BCUT2D eigenvalue weighted by Crippen LogP contribution is 2.35. The molecule has 0 unspecified atom stereocenters. The molecule has 1 saturated carbocycles. The van der Waals surface area contributed by atoms with Crippen molar-refractivity contribution in [3.63, 3.8) is 0 Å². The molecule has 1 aliphatic carbocycles. The first-order valence-electron chi connectivity index (χ1n) is 13.4. The molecule has 0 atom stereocenters. The topological polar surface area (TPSA) is 65.7 Å². The highest BCUT2D eigenvalue weighted by molar-refractivity contribution is 6.42. The van der Waals surface area contributed by atoms with Crippen LogP contribution in [0.5, 0.6) is 11.5 Å². The first kappa shape index (κ1) is 27.9. The first-order chi connectivity index (χ1) is 19.5. The lowest BCUT2D eigenvalue weighted by molar-refractivity contribution is 0.282. The first-order valence-corrected chi connectivity index (χ1v) is 14.2. The third-order valence-electron chi connectivity index (χ3n) is 7.18. The Morgan fingerprint density at radius 3 is 2.62 bits per heavy atom. The highest BCUT2D eigenvalue weighted by Gasteiger charge is 2.22. The average molecular weight is 577 g/mol. The van der Waals surface area contributed by atoms with Crippen LogP contribution >= 0.6 is 23.2 Å². The Morgan fingerprint density at radius 2 is 1.88 bits per heavy atom. The van der Waals surface area contributed by atoms with Crippen LogP contribution in [0.25, 0.3) is 10.9 Å². The number of para-hydroxylation sites is 1. The second-order valence-electron chi connectivity index (χ2n) is 9.92. The third kappa shape index (κ3) is 6.08. The summed E-state index contributed by atoms with van der Waals surface area (Å²) in [6.45, 7) is 4.19.